The zero-order valence-electron chi connectivity index (χ0n) is 8.10. The van der Waals surface area contributed by atoms with Gasteiger partial charge in [0.1, 0.15) is 0 Å². The molecule has 0 aromatic carbocycles. The second-order valence-electron chi connectivity index (χ2n) is 4.96. The van der Waals surface area contributed by atoms with Crippen molar-refractivity contribution in [2.45, 2.75) is 32.8 Å². The van der Waals surface area contributed by atoms with Crippen LogP contribution < -0.4 is 5.32 Å². The van der Waals surface area contributed by atoms with Crippen LogP contribution in [0.5, 0.6) is 0 Å². The van der Waals surface area contributed by atoms with Gasteiger partial charge in [0.2, 0.25) is 0 Å². The van der Waals surface area contributed by atoms with E-state index in [2.05, 4.69) is 19.2 Å². The van der Waals surface area contributed by atoms with Crippen LogP contribution in [0.1, 0.15) is 26.7 Å². The fourth-order valence-electron chi connectivity index (χ4n) is 2.36. The van der Waals surface area contributed by atoms with Crippen LogP contribution in [0, 0.1) is 11.3 Å². The summed E-state index contributed by atoms with van der Waals surface area (Å²) in [4.78, 5) is 0. The molecule has 0 bridgehead atoms. The number of hydrogen-bond donors (Lipinski definition) is 1. The maximum absolute atomic E-state index is 5.73. The van der Waals surface area contributed by atoms with Crippen molar-refractivity contribution < 1.29 is 4.74 Å². The lowest BCUT2D eigenvalue weighted by atomic mass is 9.85. The first-order valence-corrected chi connectivity index (χ1v) is 5.00. The van der Waals surface area contributed by atoms with Crippen molar-refractivity contribution in [2.75, 3.05) is 19.7 Å². The number of fused-ring (bicyclic) bond motifs is 1. The fraction of sp³-hybridized carbons (Fsp3) is 1.00. The molecule has 0 radical (unpaired) electrons. The minimum atomic E-state index is 0.420. The zero-order valence-corrected chi connectivity index (χ0v) is 8.10. The van der Waals surface area contributed by atoms with Gasteiger partial charge in [-0.25, -0.2) is 0 Å². The van der Waals surface area contributed by atoms with E-state index >= 15 is 0 Å². The van der Waals surface area contributed by atoms with E-state index in [1.807, 2.05) is 0 Å². The topological polar surface area (TPSA) is 21.3 Å². The third-order valence-corrected chi connectivity index (χ3v) is 3.11. The number of hydrogen-bond acceptors (Lipinski definition) is 2. The average molecular weight is 169 g/mol. The van der Waals surface area contributed by atoms with Crippen molar-refractivity contribution in [3.05, 3.63) is 0 Å². The Hall–Kier alpha value is -0.0800. The molecule has 0 aliphatic carbocycles. The molecular weight excluding hydrogens is 150 g/mol. The Labute approximate surface area is 74.7 Å². The third-order valence-electron chi connectivity index (χ3n) is 3.11. The highest BCUT2D eigenvalue weighted by Crippen LogP contribution is 2.33. The standard InChI is InChI=1S/C10H19NO/c1-10(2)5-9-8(3-4-12-9)6-11-7-10/h8-9,11H,3-7H2,1-2H3/t8-,9-/m0/s1. The van der Waals surface area contributed by atoms with Crippen LogP contribution >= 0.6 is 0 Å². The molecular formula is C10H19NO. The van der Waals surface area contributed by atoms with Crippen molar-refractivity contribution in [3.8, 4) is 0 Å². The lowest BCUT2D eigenvalue weighted by molar-refractivity contribution is 0.0634. The lowest BCUT2D eigenvalue weighted by Gasteiger charge is -2.25. The summed E-state index contributed by atoms with van der Waals surface area (Å²) < 4.78 is 5.73. The summed E-state index contributed by atoms with van der Waals surface area (Å²) in [5.74, 6) is 0.784. The van der Waals surface area contributed by atoms with E-state index in [9.17, 15) is 0 Å². The quantitative estimate of drug-likeness (QED) is 0.592. The molecule has 0 amide bonds. The predicted molar refractivity (Wildman–Crippen MR) is 49.1 cm³/mol. The Kier molecular flexibility index (Phi) is 2.13. The molecule has 1 N–H and O–H groups in total. The Balaban J connectivity index is 2.04. The molecule has 0 aromatic heterocycles. The van der Waals surface area contributed by atoms with Gasteiger partial charge in [0, 0.05) is 19.7 Å². The van der Waals surface area contributed by atoms with Gasteiger partial charge < -0.3 is 10.1 Å². The molecule has 0 saturated carbocycles. The number of nitrogens with one attached hydrogen (secondary N) is 1. The normalized spacial score (nSPS) is 40.5. The summed E-state index contributed by atoms with van der Waals surface area (Å²) in [6.07, 6.45) is 3.02. The van der Waals surface area contributed by atoms with Gasteiger partial charge in [-0.05, 0) is 24.2 Å². The average Bonchev–Trinajstić information content (AvgIpc) is 2.31. The summed E-state index contributed by atoms with van der Waals surface area (Å²) in [6, 6.07) is 0. The van der Waals surface area contributed by atoms with Gasteiger partial charge >= 0.3 is 0 Å². The number of rotatable bonds is 0. The highest BCUT2D eigenvalue weighted by molar-refractivity contribution is 4.88. The van der Waals surface area contributed by atoms with Crippen LogP contribution in [0.2, 0.25) is 0 Å². The first kappa shape index (κ1) is 8.52. The van der Waals surface area contributed by atoms with E-state index in [-0.39, 0.29) is 0 Å². The van der Waals surface area contributed by atoms with Crippen LogP contribution in [0.25, 0.3) is 0 Å². The Morgan fingerprint density at radius 3 is 3.08 bits per heavy atom. The van der Waals surface area contributed by atoms with Crippen LogP contribution in [0.4, 0.5) is 0 Å². The molecule has 0 spiro atoms. The first-order chi connectivity index (χ1) is 5.67. The minimum absolute atomic E-state index is 0.420. The first-order valence-electron chi connectivity index (χ1n) is 5.00. The Morgan fingerprint density at radius 2 is 2.25 bits per heavy atom. The van der Waals surface area contributed by atoms with Gasteiger partial charge in [0.15, 0.2) is 0 Å². The van der Waals surface area contributed by atoms with E-state index in [0.717, 1.165) is 25.6 Å². The third kappa shape index (κ3) is 1.64. The second kappa shape index (κ2) is 3.00. The molecule has 2 fully saturated rings. The van der Waals surface area contributed by atoms with Crippen molar-refractivity contribution >= 4 is 0 Å². The molecule has 2 aliphatic heterocycles. The lowest BCUT2D eigenvalue weighted by Crippen LogP contribution is -2.28. The minimum Gasteiger partial charge on any atom is -0.378 e. The van der Waals surface area contributed by atoms with Gasteiger partial charge in [-0.2, -0.15) is 0 Å². The second-order valence-corrected chi connectivity index (χ2v) is 4.96. The van der Waals surface area contributed by atoms with Crippen molar-refractivity contribution in [2.24, 2.45) is 11.3 Å². The maximum Gasteiger partial charge on any atom is 0.0621 e. The molecule has 2 atom stereocenters. The molecule has 2 aliphatic rings. The van der Waals surface area contributed by atoms with Gasteiger partial charge in [0.05, 0.1) is 6.10 Å². The van der Waals surface area contributed by atoms with E-state index in [1.165, 1.54) is 12.8 Å². The van der Waals surface area contributed by atoms with Crippen molar-refractivity contribution in [1.82, 2.24) is 5.32 Å². The van der Waals surface area contributed by atoms with Crippen LogP contribution in [-0.4, -0.2) is 25.8 Å². The fourth-order valence-corrected chi connectivity index (χ4v) is 2.36. The predicted octanol–water partition coefficient (Wildman–Crippen LogP) is 1.41. The van der Waals surface area contributed by atoms with Crippen molar-refractivity contribution in [3.63, 3.8) is 0 Å². The Morgan fingerprint density at radius 1 is 1.42 bits per heavy atom. The van der Waals surface area contributed by atoms with E-state index < -0.39 is 0 Å². The highest BCUT2D eigenvalue weighted by Gasteiger charge is 2.35. The largest absolute Gasteiger partial charge is 0.378 e. The highest BCUT2D eigenvalue weighted by atomic mass is 16.5. The summed E-state index contributed by atoms with van der Waals surface area (Å²) in [7, 11) is 0. The summed E-state index contributed by atoms with van der Waals surface area (Å²) in [6.45, 7) is 7.93. The van der Waals surface area contributed by atoms with Crippen LogP contribution in [0.3, 0.4) is 0 Å². The van der Waals surface area contributed by atoms with Gasteiger partial charge in [-0.15, -0.1) is 0 Å². The molecule has 2 saturated heterocycles. The molecule has 0 unspecified atom stereocenters. The van der Waals surface area contributed by atoms with Gasteiger partial charge in [-0.3, -0.25) is 0 Å². The molecule has 2 rings (SSSR count). The van der Waals surface area contributed by atoms with E-state index in [0.29, 0.717) is 11.5 Å². The maximum atomic E-state index is 5.73. The van der Waals surface area contributed by atoms with Gasteiger partial charge in [0.25, 0.3) is 0 Å². The molecule has 0 aromatic rings. The summed E-state index contributed by atoms with van der Waals surface area (Å²) >= 11 is 0. The van der Waals surface area contributed by atoms with Crippen LogP contribution in [0.15, 0.2) is 0 Å². The van der Waals surface area contributed by atoms with Crippen molar-refractivity contribution in [1.29, 1.82) is 0 Å². The summed E-state index contributed by atoms with van der Waals surface area (Å²) in [5.41, 5.74) is 0.420. The van der Waals surface area contributed by atoms with E-state index in [4.69, 9.17) is 4.74 Å². The molecule has 2 heterocycles. The Bertz CT molecular complexity index is 167. The molecule has 2 nitrogen and oxygen atoms in total. The van der Waals surface area contributed by atoms with E-state index in [1.54, 1.807) is 0 Å². The smallest absolute Gasteiger partial charge is 0.0621 e. The SMILES string of the molecule is CC1(C)CNC[C@@H]2CCO[C@H]2C1. The number of ether oxygens (including phenoxy) is 1. The van der Waals surface area contributed by atoms with Gasteiger partial charge in [-0.1, -0.05) is 13.8 Å². The zero-order chi connectivity index (χ0) is 8.60. The molecule has 2 heteroatoms. The molecule has 12 heavy (non-hydrogen) atoms. The molecule has 70 valence electrons. The van der Waals surface area contributed by atoms with Crippen LogP contribution in [-0.2, 0) is 4.74 Å². The monoisotopic (exact) mass is 169 g/mol. The summed E-state index contributed by atoms with van der Waals surface area (Å²) in [5, 5.41) is 3.53.